The first-order valence-corrected chi connectivity index (χ1v) is 7.07. The van der Waals surface area contributed by atoms with Gasteiger partial charge in [-0.05, 0) is 50.1 Å². The van der Waals surface area contributed by atoms with Gasteiger partial charge >= 0.3 is 0 Å². The monoisotopic (exact) mass is 319 g/mol. The van der Waals surface area contributed by atoms with E-state index >= 15 is 0 Å². The average molecular weight is 320 g/mol. The molecule has 0 amide bonds. The van der Waals surface area contributed by atoms with E-state index in [9.17, 15) is 0 Å². The molecule has 0 radical (unpaired) electrons. The van der Waals surface area contributed by atoms with Crippen LogP contribution in [0.2, 0.25) is 0 Å². The summed E-state index contributed by atoms with van der Waals surface area (Å²) in [4.78, 5) is 0. The van der Waals surface area contributed by atoms with E-state index in [-0.39, 0.29) is 6.04 Å². The molecule has 0 aliphatic rings. The van der Waals surface area contributed by atoms with Crippen molar-refractivity contribution in [3.8, 4) is 11.5 Å². The largest absolute Gasteiger partial charge is 0.457 e. The lowest BCUT2D eigenvalue weighted by atomic mass is 10.1. The molecule has 19 heavy (non-hydrogen) atoms. The minimum atomic E-state index is 0.00420. The zero-order valence-electron chi connectivity index (χ0n) is 11.4. The number of aryl methyl sites for hydroxylation is 2. The first kappa shape index (κ1) is 14.1. The van der Waals surface area contributed by atoms with Gasteiger partial charge in [-0.3, -0.25) is 0 Å². The third kappa shape index (κ3) is 3.37. The smallest absolute Gasteiger partial charge is 0.130 e. The Labute approximate surface area is 122 Å². The van der Waals surface area contributed by atoms with Gasteiger partial charge in [0.25, 0.3) is 0 Å². The second-order valence-electron chi connectivity index (χ2n) is 4.84. The van der Waals surface area contributed by atoms with Crippen LogP contribution < -0.4 is 10.5 Å². The van der Waals surface area contributed by atoms with E-state index in [2.05, 4.69) is 28.9 Å². The molecule has 2 rings (SSSR count). The summed E-state index contributed by atoms with van der Waals surface area (Å²) >= 11 is 3.53. The summed E-state index contributed by atoms with van der Waals surface area (Å²) in [6.45, 7) is 6.09. The Kier molecular flexibility index (Phi) is 4.27. The molecule has 1 unspecified atom stereocenters. The Morgan fingerprint density at radius 1 is 1.11 bits per heavy atom. The molecule has 2 aromatic rings. The van der Waals surface area contributed by atoms with Gasteiger partial charge in [0.1, 0.15) is 11.5 Å². The van der Waals surface area contributed by atoms with E-state index in [1.54, 1.807) is 0 Å². The fraction of sp³-hybridized carbons (Fsp3) is 0.250. The van der Waals surface area contributed by atoms with Crippen molar-refractivity contribution in [3.05, 3.63) is 57.6 Å². The van der Waals surface area contributed by atoms with Crippen LogP contribution >= 0.6 is 15.9 Å². The quantitative estimate of drug-likeness (QED) is 0.875. The second kappa shape index (κ2) is 5.76. The Morgan fingerprint density at radius 3 is 2.42 bits per heavy atom. The van der Waals surface area contributed by atoms with Crippen LogP contribution in [-0.2, 0) is 0 Å². The van der Waals surface area contributed by atoms with Crippen molar-refractivity contribution in [3.63, 3.8) is 0 Å². The van der Waals surface area contributed by atoms with Crippen molar-refractivity contribution in [2.24, 2.45) is 5.73 Å². The standard InChI is InChI=1S/C16H18BrNO/c1-10-4-7-16(11(2)8-10)19-13-5-6-14(12(3)18)15(17)9-13/h4-9,12H,18H2,1-3H3. The highest BCUT2D eigenvalue weighted by atomic mass is 79.9. The van der Waals surface area contributed by atoms with E-state index in [1.807, 2.05) is 44.2 Å². The molecule has 0 aliphatic heterocycles. The Balaban J connectivity index is 2.26. The third-order valence-corrected chi connectivity index (χ3v) is 3.71. The number of ether oxygens (including phenoxy) is 1. The predicted molar refractivity (Wildman–Crippen MR) is 82.7 cm³/mol. The highest BCUT2D eigenvalue weighted by Gasteiger charge is 2.07. The molecule has 0 saturated carbocycles. The first-order valence-electron chi connectivity index (χ1n) is 6.27. The van der Waals surface area contributed by atoms with Crippen molar-refractivity contribution < 1.29 is 4.74 Å². The third-order valence-electron chi connectivity index (χ3n) is 3.02. The Bertz CT molecular complexity index is 593. The van der Waals surface area contributed by atoms with Crippen LogP contribution in [0.3, 0.4) is 0 Å². The van der Waals surface area contributed by atoms with Gasteiger partial charge in [0.2, 0.25) is 0 Å². The molecule has 2 nitrogen and oxygen atoms in total. The van der Waals surface area contributed by atoms with Gasteiger partial charge in [0.15, 0.2) is 0 Å². The van der Waals surface area contributed by atoms with E-state index in [4.69, 9.17) is 10.5 Å². The Morgan fingerprint density at radius 2 is 1.84 bits per heavy atom. The lowest BCUT2D eigenvalue weighted by Gasteiger charge is -2.13. The van der Waals surface area contributed by atoms with Crippen LogP contribution in [0.5, 0.6) is 11.5 Å². The number of hydrogen-bond acceptors (Lipinski definition) is 2. The SMILES string of the molecule is Cc1ccc(Oc2ccc(C(C)N)c(Br)c2)c(C)c1. The zero-order valence-corrected chi connectivity index (χ0v) is 13.0. The van der Waals surface area contributed by atoms with Crippen LogP contribution in [0.25, 0.3) is 0 Å². The summed E-state index contributed by atoms with van der Waals surface area (Å²) in [7, 11) is 0. The van der Waals surface area contributed by atoms with Crippen molar-refractivity contribution in [2.75, 3.05) is 0 Å². The zero-order chi connectivity index (χ0) is 14.0. The number of rotatable bonds is 3. The molecule has 0 aromatic heterocycles. The van der Waals surface area contributed by atoms with E-state index in [1.165, 1.54) is 5.56 Å². The molecule has 0 spiro atoms. The summed E-state index contributed by atoms with van der Waals surface area (Å²) in [5, 5.41) is 0. The molecule has 0 saturated heterocycles. The topological polar surface area (TPSA) is 35.2 Å². The Hall–Kier alpha value is -1.32. The molecule has 100 valence electrons. The molecule has 0 aliphatic carbocycles. The van der Waals surface area contributed by atoms with Crippen molar-refractivity contribution >= 4 is 15.9 Å². The molecule has 0 bridgehead atoms. The van der Waals surface area contributed by atoms with Gasteiger partial charge in [0, 0.05) is 10.5 Å². The van der Waals surface area contributed by atoms with Crippen molar-refractivity contribution in [2.45, 2.75) is 26.8 Å². The molecule has 0 fully saturated rings. The van der Waals surface area contributed by atoms with Gasteiger partial charge in [-0.25, -0.2) is 0 Å². The van der Waals surface area contributed by atoms with Gasteiger partial charge in [-0.1, -0.05) is 39.7 Å². The summed E-state index contributed by atoms with van der Waals surface area (Å²) in [6, 6.07) is 12.1. The fourth-order valence-corrected chi connectivity index (χ4v) is 2.70. The number of nitrogens with two attached hydrogens (primary N) is 1. The molecule has 3 heteroatoms. The van der Waals surface area contributed by atoms with Crippen LogP contribution in [0.1, 0.15) is 29.7 Å². The van der Waals surface area contributed by atoms with Crippen molar-refractivity contribution in [1.29, 1.82) is 0 Å². The van der Waals surface area contributed by atoms with E-state index < -0.39 is 0 Å². The molecule has 0 heterocycles. The maximum Gasteiger partial charge on any atom is 0.130 e. The van der Waals surface area contributed by atoms with Crippen LogP contribution in [0.4, 0.5) is 0 Å². The summed E-state index contributed by atoms with van der Waals surface area (Å²) in [6.07, 6.45) is 0. The van der Waals surface area contributed by atoms with Crippen LogP contribution in [0.15, 0.2) is 40.9 Å². The maximum absolute atomic E-state index is 5.91. The van der Waals surface area contributed by atoms with Crippen LogP contribution in [-0.4, -0.2) is 0 Å². The predicted octanol–water partition coefficient (Wildman–Crippen LogP) is 4.88. The minimum absolute atomic E-state index is 0.00420. The lowest BCUT2D eigenvalue weighted by molar-refractivity contribution is 0.478. The summed E-state index contributed by atoms with van der Waals surface area (Å²) < 4.78 is 6.89. The maximum atomic E-state index is 5.91. The number of benzene rings is 2. The second-order valence-corrected chi connectivity index (χ2v) is 5.70. The summed E-state index contributed by atoms with van der Waals surface area (Å²) in [5.41, 5.74) is 9.33. The average Bonchev–Trinajstić information content (AvgIpc) is 2.32. The van der Waals surface area contributed by atoms with Gasteiger partial charge in [-0.2, -0.15) is 0 Å². The number of halogens is 1. The molecular formula is C16H18BrNO. The van der Waals surface area contributed by atoms with E-state index in [0.717, 1.165) is 27.1 Å². The van der Waals surface area contributed by atoms with Gasteiger partial charge in [-0.15, -0.1) is 0 Å². The van der Waals surface area contributed by atoms with Gasteiger partial charge in [0.05, 0.1) is 0 Å². The first-order chi connectivity index (χ1) is 8.97. The minimum Gasteiger partial charge on any atom is -0.457 e. The van der Waals surface area contributed by atoms with Gasteiger partial charge < -0.3 is 10.5 Å². The number of hydrogen-bond donors (Lipinski definition) is 1. The van der Waals surface area contributed by atoms with Crippen molar-refractivity contribution in [1.82, 2.24) is 0 Å². The highest BCUT2D eigenvalue weighted by molar-refractivity contribution is 9.10. The lowest BCUT2D eigenvalue weighted by Crippen LogP contribution is -2.05. The molecule has 2 aromatic carbocycles. The summed E-state index contributed by atoms with van der Waals surface area (Å²) in [5.74, 6) is 1.69. The molecule has 1 atom stereocenters. The fourth-order valence-electron chi connectivity index (χ4n) is 1.98. The highest BCUT2D eigenvalue weighted by Crippen LogP contribution is 2.31. The van der Waals surface area contributed by atoms with Crippen LogP contribution in [0, 0.1) is 13.8 Å². The molecular weight excluding hydrogens is 302 g/mol. The molecule has 2 N–H and O–H groups in total. The normalized spacial score (nSPS) is 12.3. The van der Waals surface area contributed by atoms with E-state index in [0.29, 0.717) is 0 Å².